The Morgan fingerprint density at radius 3 is 2.82 bits per heavy atom. The summed E-state index contributed by atoms with van der Waals surface area (Å²) in [7, 11) is 1.58. The molecule has 1 aliphatic rings. The first-order valence-electron chi connectivity index (χ1n) is 6.07. The van der Waals surface area contributed by atoms with Crippen LogP contribution in [0.3, 0.4) is 0 Å². The van der Waals surface area contributed by atoms with Gasteiger partial charge in [0.15, 0.2) is 0 Å². The Hall–Kier alpha value is -1.45. The topological polar surface area (TPSA) is 60.2 Å². The molecule has 1 aromatic heterocycles. The van der Waals surface area contributed by atoms with Crippen LogP contribution in [0.2, 0.25) is 0 Å². The van der Waals surface area contributed by atoms with Crippen molar-refractivity contribution >= 4 is 11.5 Å². The molecule has 0 bridgehead atoms. The Kier molecular flexibility index (Phi) is 3.13. The average Bonchev–Trinajstić information content (AvgIpc) is 2.61. The predicted molar refractivity (Wildman–Crippen MR) is 70.2 cm³/mol. The fraction of sp³-hybridized carbons (Fsp3) is 0.615. The number of ether oxygens (including phenoxy) is 1. The fourth-order valence-electron chi connectivity index (χ4n) is 2.46. The summed E-state index contributed by atoms with van der Waals surface area (Å²) in [5.41, 5.74) is 6.75. The number of rotatable bonds is 3. The summed E-state index contributed by atoms with van der Waals surface area (Å²) in [5, 5.41) is 3.45. The van der Waals surface area contributed by atoms with Gasteiger partial charge in [0.25, 0.3) is 0 Å². The maximum atomic E-state index is 5.74. The fourth-order valence-corrected chi connectivity index (χ4v) is 2.46. The van der Waals surface area contributed by atoms with E-state index in [4.69, 9.17) is 10.5 Å². The average molecular weight is 235 g/mol. The molecule has 2 rings (SSSR count). The van der Waals surface area contributed by atoms with Gasteiger partial charge in [0.05, 0.1) is 12.8 Å². The van der Waals surface area contributed by atoms with Crippen molar-refractivity contribution in [2.45, 2.75) is 39.2 Å². The summed E-state index contributed by atoms with van der Waals surface area (Å²) in [6.07, 6.45) is 3.64. The van der Waals surface area contributed by atoms with Crippen LogP contribution in [-0.2, 0) is 0 Å². The van der Waals surface area contributed by atoms with Gasteiger partial charge in [-0.05, 0) is 36.8 Å². The maximum Gasteiger partial charge on any atom is 0.238 e. The van der Waals surface area contributed by atoms with E-state index >= 15 is 0 Å². The van der Waals surface area contributed by atoms with E-state index in [1.54, 1.807) is 7.11 Å². The molecule has 0 spiro atoms. The molecular formula is C13H21N3O. The van der Waals surface area contributed by atoms with Gasteiger partial charge in [-0.3, -0.25) is 0 Å². The molecule has 4 nitrogen and oxygen atoms in total. The van der Waals surface area contributed by atoms with Crippen LogP contribution in [0.15, 0.2) is 12.1 Å². The summed E-state index contributed by atoms with van der Waals surface area (Å²) >= 11 is 0. The third kappa shape index (κ3) is 2.81. The van der Waals surface area contributed by atoms with Gasteiger partial charge in [-0.25, -0.2) is 0 Å². The zero-order valence-corrected chi connectivity index (χ0v) is 10.8. The number of anilines is 2. The molecule has 94 valence electrons. The third-order valence-corrected chi connectivity index (χ3v) is 3.40. The van der Waals surface area contributed by atoms with Crippen LogP contribution in [0.25, 0.3) is 0 Å². The highest BCUT2D eigenvalue weighted by atomic mass is 16.5. The minimum Gasteiger partial charge on any atom is -0.479 e. The summed E-state index contributed by atoms with van der Waals surface area (Å²) in [5.74, 6) is 1.34. The Morgan fingerprint density at radius 2 is 2.24 bits per heavy atom. The lowest BCUT2D eigenvalue weighted by atomic mass is 9.92. The number of pyridine rings is 1. The molecule has 4 heteroatoms. The van der Waals surface area contributed by atoms with Gasteiger partial charge < -0.3 is 15.8 Å². The van der Waals surface area contributed by atoms with Gasteiger partial charge >= 0.3 is 0 Å². The molecule has 3 N–H and O–H groups in total. The number of hydrogen-bond donors (Lipinski definition) is 2. The Balaban J connectivity index is 2.04. The van der Waals surface area contributed by atoms with Gasteiger partial charge in [0.2, 0.25) is 5.88 Å². The van der Waals surface area contributed by atoms with Crippen molar-refractivity contribution in [3.63, 3.8) is 0 Å². The van der Waals surface area contributed by atoms with Crippen molar-refractivity contribution < 1.29 is 4.74 Å². The monoisotopic (exact) mass is 235 g/mol. The van der Waals surface area contributed by atoms with E-state index in [9.17, 15) is 0 Å². The largest absolute Gasteiger partial charge is 0.479 e. The molecule has 0 radical (unpaired) electrons. The molecule has 1 atom stereocenters. The molecule has 17 heavy (non-hydrogen) atoms. The van der Waals surface area contributed by atoms with Gasteiger partial charge in [0.1, 0.15) is 5.82 Å². The van der Waals surface area contributed by atoms with Crippen LogP contribution in [-0.4, -0.2) is 18.1 Å². The zero-order valence-electron chi connectivity index (χ0n) is 10.8. The smallest absolute Gasteiger partial charge is 0.238 e. The second kappa shape index (κ2) is 4.43. The van der Waals surface area contributed by atoms with Crippen LogP contribution in [0, 0.1) is 5.41 Å². The highest BCUT2D eigenvalue weighted by molar-refractivity contribution is 5.53. The Labute approximate surface area is 103 Å². The number of aromatic nitrogens is 1. The molecule has 1 aromatic rings. The number of nitrogen functional groups attached to an aromatic ring is 1. The predicted octanol–water partition coefficient (Wildman–Crippen LogP) is 2.66. The first-order valence-corrected chi connectivity index (χ1v) is 6.07. The lowest BCUT2D eigenvalue weighted by Crippen LogP contribution is -2.18. The second-order valence-corrected chi connectivity index (χ2v) is 5.54. The number of nitrogens with one attached hydrogen (secondary N) is 1. The van der Waals surface area contributed by atoms with Crippen molar-refractivity contribution in [1.29, 1.82) is 0 Å². The summed E-state index contributed by atoms with van der Waals surface area (Å²) in [4.78, 5) is 4.34. The van der Waals surface area contributed by atoms with Crippen molar-refractivity contribution in [1.82, 2.24) is 4.98 Å². The van der Waals surface area contributed by atoms with Crippen LogP contribution in [0.4, 0.5) is 11.5 Å². The number of methoxy groups -OCH3 is 1. The van der Waals surface area contributed by atoms with E-state index < -0.39 is 0 Å². The standard InChI is InChI=1S/C13H21N3O/c1-13(2)7-6-9(8-13)15-11-5-4-10(14)12(16-11)17-3/h4-5,9H,6-8,14H2,1-3H3,(H,15,16). The van der Waals surface area contributed by atoms with Crippen molar-refractivity contribution in [2.75, 3.05) is 18.2 Å². The second-order valence-electron chi connectivity index (χ2n) is 5.54. The van der Waals surface area contributed by atoms with E-state index in [1.807, 2.05) is 12.1 Å². The van der Waals surface area contributed by atoms with E-state index in [-0.39, 0.29) is 0 Å². The number of hydrogen-bond acceptors (Lipinski definition) is 4. The van der Waals surface area contributed by atoms with E-state index in [2.05, 4.69) is 24.1 Å². The number of nitrogens with two attached hydrogens (primary N) is 1. The van der Waals surface area contributed by atoms with Crippen LogP contribution in [0.5, 0.6) is 5.88 Å². The molecule has 1 fully saturated rings. The van der Waals surface area contributed by atoms with Crippen molar-refractivity contribution in [2.24, 2.45) is 5.41 Å². The molecule has 1 heterocycles. The summed E-state index contributed by atoms with van der Waals surface area (Å²) in [6.45, 7) is 4.62. The highest BCUT2D eigenvalue weighted by Crippen LogP contribution is 2.38. The third-order valence-electron chi connectivity index (χ3n) is 3.40. The van der Waals surface area contributed by atoms with Crippen LogP contribution < -0.4 is 15.8 Å². The first-order chi connectivity index (χ1) is 8.00. The van der Waals surface area contributed by atoms with Crippen molar-refractivity contribution in [3.05, 3.63) is 12.1 Å². The molecule has 0 saturated heterocycles. The van der Waals surface area contributed by atoms with E-state index in [1.165, 1.54) is 19.3 Å². The maximum absolute atomic E-state index is 5.74. The van der Waals surface area contributed by atoms with Crippen molar-refractivity contribution in [3.8, 4) is 5.88 Å². The minimum atomic E-state index is 0.440. The highest BCUT2D eigenvalue weighted by Gasteiger charge is 2.30. The molecule has 0 aliphatic heterocycles. The molecular weight excluding hydrogens is 214 g/mol. The normalized spacial score (nSPS) is 22.4. The quantitative estimate of drug-likeness (QED) is 0.845. The van der Waals surface area contributed by atoms with Crippen LogP contribution in [0.1, 0.15) is 33.1 Å². The van der Waals surface area contributed by atoms with Crippen LogP contribution >= 0.6 is 0 Å². The summed E-state index contributed by atoms with van der Waals surface area (Å²) in [6, 6.07) is 4.24. The minimum absolute atomic E-state index is 0.440. The zero-order chi connectivity index (χ0) is 12.5. The van der Waals surface area contributed by atoms with Gasteiger partial charge in [-0.15, -0.1) is 0 Å². The molecule has 1 saturated carbocycles. The Morgan fingerprint density at radius 1 is 1.47 bits per heavy atom. The first kappa shape index (κ1) is 12.0. The molecule has 1 aliphatic carbocycles. The SMILES string of the molecule is COc1nc(NC2CCC(C)(C)C2)ccc1N. The number of nitrogens with zero attached hydrogens (tertiary/aromatic N) is 1. The molecule has 0 aromatic carbocycles. The lowest BCUT2D eigenvalue weighted by Gasteiger charge is -2.18. The molecule has 1 unspecified atom stereocenters. The summed E-state index contributed by atoms with van der Waals surface area (Å²) < 4.78 is 5.11. The van der Waals surface area contributed by atoms with E-state index in [0.717, 1.165) is 5.82 Å². The van der Waals surface area contributed by atoms with Gasteiger partial charge in [0, 0.05) is 6.04 Å². The Bertz CT molecular complexity index is 404. The van der Waals surface area contributed by atoms with Gasteiger partial charge in [-0.1, -0.05) is 13.8 Å². The molecule has 0 amide bonds. The lowest BCUT2D eigenvalue weighted by molar-refractivity contribution is 0.378. The van der Waals surface area contributed by atoms with Gasteiger partial charge in [-0.2, -0.15) is 4.98 Å². The van der Waals surface area contributed by atoms with E-state index in [0.29, 0.717) is 23.0 Å².